The smallest absolute Gasteiger partial charge is 0.232 e. The van der Waals surface area contributed by atoms with Gasteiger partial charge >= 0.3 is 0 Å². The largest absolute Gasteiger partial charge is 0.508 e. The molecule has 0 bridgehead atoms. The number of hydrogen-bond acceptors (Lipinski definition) is 10. The molecule has 10 nitrogen and oxygen atoms in total. The van der Waals surface area contributed by atoms with Gasteiger partial charge in [-0.1, -0.05) is 12.1 Å². The van der Waals surface area contributed by atoms with Crippen LogP contribution in [0.1, 0.15) is 56.1 Å². The van der Waals surface area contributed by atoms with Crippen LogP contribution in [-0.2, 0) is 4.74 Å². The first kappa shape index (κ1) is 26.9. The minimum atomic E-state index is -2.14. The molecule has 1 aliphatic rings. The van der Waals surface area contributed by atoms with E-state index in [9.17, 15) is 40.5 Å². The van der Waals surface area contributed by atoms with Crippen molar-refractivity contribution in [3.8, 4) is 17.2 Å². The summed E-state index contributed by atoms with van der Waals surface area (Å²) in [6.07, 6.45) is -3.01. The van der Waals surface area contributed by atoms with Crippen LogP contribution in [0.5, 0.6) is 17.2 Å². The molecule has 192 valence electrons. The van der Waals surface area contributed by atoms with Crippen LogP contribution >= 0.6 is 0 Å². The predicted molar refractivity (Wildman–Crippen MR) is 123 cm³/mol. The standard InChI is InChI=1S/C25H32O10/c1-22(13-26)24(3,32)25(4,33)23(2,31)21(35-22)34-16-8-5-14(6-9-16)18(28)12-20(30)17-10-7-15(27)11-19(17)29/h5-11,18,21,26-29,31-33H,12-13H2,1-4H3/t18-,21+,22+,23-,24+,25+/m1/s1. The van der Waals surface area contributed by atoms with Crippen molar-refractivity contribution < 1.29 is 50.0 Å². The van der Waals surface area contributed by atoms with Crippen molar-refractivity contribution in [2.24, 2.45) is 0 Å². The van der Waals surface area contributed by atoms with Gasteiger partial charge in [-0.3, -0.25) is 4.79 Å². The number of aliphatic hydroxyl groups excluding tert-OH is 2. The van der Waals surface area contributed by atoms with E-state index >= 15 is 0 Å². The number of aliphatic hydroxyl groups is 5. The van der Waals surface area contributed by atoms with Crippen LogP contribution in [0.2, 0.25) is 0 Å². The number of carbonyl (C=O) groups excluding carboxylic acids is 1. The number of ketones is 1. The van der Waals surface area contributed by atoms with Crippen LogP contribution in [0.25, 0.3) is 0 Å². The van der Waals surface area contributed by atoms with Gasteiger partial charge in [0.05, 0.1) is 18.3 Å². The van der Waals surface area contributed by atoms with Gasteiger partial charge in [-0.15, -0.1) is 0 Å². The number of phenolic OH excluding ortho intramolecular Hbond substituents is 2. The van der Waals surface area contributed by atoms with E-state index < -0.39 is 52.9 Å². The first-order chi connectivity index (χ1) is 16.1. The highest BCUT2D eigenvalue weighted by atomic mass is 16.7. The zero-order valence-corrected chi connectivity index (χ0v) is 20.0. The molecule has 35 heavy (non-hydrogen) atoms. The Morgan fingerprint density at radius 1 is 1.00 bits per heavy atom. The lowest BCUT2D eigenvalue weighted by Crippen LogP contribution is -2.82. The maximum atomic E-state index is 12.4. The molecule has 1 heterocycles. The highest BCUT2D eigenvalue weighted by Gasteiger charge is 2.71. The molecule has 0 radical (unpaired) electrons. The fraction of sp³-hybridized carbons (Fsp3) is 0.480. The summed E-state index contributed by atoms with van der Waals surface area (Å²) in [7, 11) is 0. The lowest BCUT2D eigenvalue weighted by atomic mass is 9.63. The number of ether oxygens (including phenoxy) is 2. The molecule has 7 N–H and O–H groups in total. The van der Waals surface area contributed by atoms with Gasteiger partial charge in [-0.05, 0) is 57.5 Å². The Morgan fingerprint density at radius 3 is 2.14 bits per heavy atom. The van der Waals surface area contributed by atoms with Crippen molar-refractivity contribution >= 4 is 5.78 Å². The van der Waals surface area contributed by atoms with Gasteiger partial charge in [0.15, 0.2) is 11.4 Å². The van der Waals surface area contributed by atoms with Gasteiger partial charge in [0.25, 0.3) is 0 Å². The monoisotopic (exact) mass is 492 g/mol. The molecule has 3 rings (SSSR count). The van der Waals surface area contributed by atoms with E-state index in [0.717, 1.165) is 6.07 Å². The fourth-order valence-corrected chi connectivity index (χ4v) is 4.08. The minimum absolute atomic E-state index is 0.0339. The van der Waals surface area contributed by atoms with E-state index in [1.165, 1.54) is 64.1 Å². The Kier molecular flexibility index (Phi) is 6.95. The van der Waals surface area contributed by atoms with Crippen molar-refractivity contribution in [2.45, 2.75) is 68.9 Å². The Balaban J connectivity index is 1.75. The van der Waals surface area contributed by atoms with Crippen molar-refractivity contribution in [3.63, 3.8) is 0 Å². The average molecular weight is 493 g/mol. The topological polar surface area (TPSA) is 177 Å². The molecule has 0 aliphatic carbocycles. The molecular formula is C25H32O10. The highest BCUT2D eigenvalue weighted by molar-refractivity contribution is 5.99. The maximum Gasteiger partial charge on any atom is 0.232 e. The number of phenols is 2. The summed E-state index contributed by atoms with van der Waals surface area (Å²) in [5.74, 6) is -0.929. The van der Waals surface area contributed by atoms with Crippen LogP contribution in [-0.4, -0.2) is 76.8 Å². The zero-order chi connectivity index (χ0) is 26.4. The summed E-state index contributed by atoms with van der Waals surface area (Å²) in [6, 6.07) is 9.44. The van der Waals surface area contributed by atoms with Crippen LogP contribution in [0, 0.1) is 0 Å². The normalized spacial score (nSPS) is 33.8. The number of hydrogen-bond donors (Lipinski definition) is 7. The molecule has 1 aliphatic heterocycles. The molecular weight excluding hydrogens is 460 g/mol. The summed E-state index contributed by atoms with van der Waals surface area (Å²) in [4.78, 5) is 12.4. The molecule has 1 saturated heterocycles. The number of carbonyl (C=O) groups is 1. The molecule has 2 aromatic carbocycles. The average Bonchev–Trinajstić information content (AvgIpc) is 2.77. The van der Waals surface area contributed by atoms with E-state index in [0.29, 0.717) is 5.56 Å². The third kappa shape index (κ3) is 4.49. The van der Waals surface area contributed by atoms with E-state index in [1.807, 2.05) is 0 Å². The molecule has 0 unspecified atom stereocenters. The van der Waals surface area contributed by atoms with E-state index in [-0.39, 0.29) is 23.5 Å². The van der Waals surface area contributed by atoms with Crippen LogP contribution in [0.3, 0.4) is 0 Å². The van der Waals surface area contributed by atoms with E-state index in [4.69, 9.17) is 9.47 Å². The number of rotatable bonds is 7. The number of aromatic hydroxyl groups is 2. The third-order valence-electron chi connectivity index (χ3n) is 7.26. The molecule has 0 aromatic heterocycles. The van der Waals surface area contributed by atoms with Crippen molar-refractivity contribution in [2.75, 3.05) is 6.61 Å². The molecule has 6 atom stereocenters. The summed E-state index contributed by atoms with van der Waals surface area (Å²) in [5, 5.41) is 72.4. The summed E-state index contributed by atoms with van der Waals surface area (Å²) in [5.41, 5.74) is -7.60. The van der Waals surface area contributed by atoms with Crippen molar-refractivity contribution in [1.82, 2.24) is 0 Å². The van der Waals surface area contributed by atoms with Gasteiger partial charge < -0.3 is 45.2 Å². The Bertz CT molecular complexity index is 1080. The minimum Gasteiger partial charge on any atom is -0.508 e. The van der Waals surface area contributed by atoms with E-state index in [2.05, 4.69) is 0 Å². The first-order valence-electron chi connectivity index (χ1n) is 11.0. The lowest BCUT2D eigenvalue weighted by Gasteiger charge is -2.61. The van der Waals surface area contributed by atoms with Crippen LogP contribution < -0.4 is 4.74 Å². The second kappa shape index (κ2) is 9.05. The zero-order valence-electron chi connectivity index (χ0n) is 20.0. The van der Waals surface area contributed by atoms with E-state index in [1.54, 1.807) is 0 Å². The molecule has 2 aromatic rings. The van der Waals surface area contributed by atoms with Gasteiger partial charge in [0, 0.05) is 12.5 Å². The molecule has 0 amide bonds. The lowest BCUT2D eigenvalue weighted by molar-refractivity contribution is -0.404. The fourth-order valence-electron chi connectivity index (χ4n) is 4.08. The molecule has 1 fully saturated rings. The van der Waals surface area contributed by atoms with Gasteiger partial charge in [0.1, 0.15) is 34.1 Å². The van der Waals surface area contributed by atoms with Crippen LogP contribution in [0.4, 0.5) is 0 Å². The Morgan fingerprint density at radius 2 is 1.60 bits per heavy atom. The van der Waals surface area contributed by atoms with Gasteiger partial charge in [0.2, 0.25) is 6.29 Å². The SMILES string of the molecule is C[C@@]1(O)[C@@](C)(O)[C@](C)(O)[C@@H](Oc2ccc([C@H](O)CC(=O)c3ccc(O)cc3O)cc2)O[C@@]1(C)CO. The van der Waals surface area contributed by atoms with Gasteiger partial charge in [-0.2, -0.15) is 0 Å². The Hall–Kier alpha value is -2.73. The van der Waals surface area contributed by atoms with Crippen LogP contribution in [0.15, 0.2) is 42.5 Å². The number of benzene rings is 2. The predicted octanol–water partition coefficient (Wildman–Crippen LogP) is 1.14. The maximum absolute atomic E-state index is 12.4. The third-order valence-corrected chi connectivity index (χ3v) is 7.26. The quantitative estimate of drug-likeness (QED) is 0.277. The number of Topliss-reactive ketones (excluding diaryl/α,β-unsaturated/α-hetero) is 1. The molecule has 0 spiro atoms. The summed E-state index contributed by atoms with van der Waals surface area (Å²) in [6.45, 7) is 4.44. The second-order valence-corrected chi connectivity index (χ2v) is 9.66. The molecule has 10 heteroatoms. The van der Waals surface area contributed by atoms with Crippen molar-refractivity contribution in [1.29, 1.82) is 0 Å². The first-order valence-corrected chi connectivity index (χ1v) is 11.0. The second-order valence-electron chi connectivity index (χ2n) is 9.66. The van der Waals surface area contributed by atoms with Crippen molar-refractivity contribution in [3.05, 3.63) is 53.6 Å². The molecule has 0 saturated carbocycles. The summed E-state index contributed by atoms with van der Waals surface area (Å²) >= 11 is 0. The summed E-state index contributed by atoms with van der Waals surface area (Å²) < 4.78 is 11.5. The highest BCUT2D eigenvalue weighted by Crippen LogP contribution is 2.49. The van der Waals surface area contributed by atoms with Gasteiger partial charge in [-0.25, -0.2) is 0 Å². The Labute approximate surface area is 202 Å².